The van der Waals surface area contributed by atoms with Crippen molar-refractivity contribution >= 4 is 24.8 Å². The molecule has 0 amide bonds. The van der Waals surface area contributed by atoms with Crippen LogP contribution in [0.3, 0.4) is 0 Å². The predicted octanol–water partition coefficient (Wildman–Crippen LogP) is 5.52. The Morgan fingerprint density at radius 3 is 2.11 bits per heavy atom. The summed E-state index contributed by atoms with van der Waals surface area (Å²) in [6, 6.07) is 19.1. The van der Waals surface area contributed by atoms with Crippen molar-refractivity contribution in [1.29, 1.82) is 0 Å². The number of nitrogens with zero attached hydrogens (tertiary/aromatic N) is 2. The first-order chi connectivity index (χ1) is 16.6. The van der Waals surface area contributed by atoms with Gasteiger partial charge in [-0.25, -0.2) is 8.78 Å². The van der Waals surface area contributed by atoms with Gasteiger partial charge >= 0.3 is 0 Å². The Morgan fingerprint density at radius 1 is 0.778 bits per heavy atom. The molecular weight excluding hydrogens is 509 g/mol. The molecule has 2 aliphatic heterocycles. The fraction of sp³-hybridized carbons (Fsp3) is 0.333. The summed E-state index contributed by atoms with van der Waals surface area (Å²) in [6.07, 6.45) is 0.749. The zero-order chi connectivity index (χ0) is 23.3. The number of fused-ring (bicyclic) bond motifs is 1. The molecule has 0 saturated carbocycles. The van der Waals surface area contributed by atoms with Crippen molar-refractivity contribution in [2.24, 2.45) is 0 Å². The van der Waals surface area contributed by atoms with Crippen LogP contribution in [-0.4, -0.2) is 55.9 Å². The lowest BCUT2D eigenvalue weighted by Crippen LogP contribution is -2.48. The van der Waals surface area contributed by atoms with Crippen molar-refractivity contribution in [3.05, 3.63) is 89.5 Å². The maximum Gasteiger partial charge on any atom is 0.231 e. The average Bonchev–Trinajstić information content (AvgIpc) is 3.33. The molecule has 0 aliphatic carbocycles. The maximum absolute atomic E-state index is 13.5. The van der Waals surface area contributed by atoms with Gasteiger partial charge in [-0.3, -0.25) is 9.80 Å². The van der Waals surface area contributed by atoms with Crippen LogP contribution in [0.5, 0.6) is 17.2 Å². The summed E-state index contributed by atoms with van der Waals surface area (Å²) < 4.78 is 43.6. The van der Waals surface area contributed by atoms with Crippen molar-refractivity contribution < 1.29 is 23.0 Å². The third-order valence-corrected chi connectivity index (χ3v) is 6.47. The minimum absolute atomic E-state index is 0. The highest BCUT2D eigenvalue weighted by atomic mass is 35.5. The van der Waals surface area contributed by atoms with E-state index in [1.54, 1.807) is 0 Å². The molecule has 0 N–H and O–H groups in total. The molecule has 0 bridgehead atoms. The number of halogens is 4. The van der Waals surface area contributed by atoms with Gasteiger partial charge in [0, 0.05) is 44.8 Å². The van der Waals surface area contributed by atoms with Crippen molar-refractivity contribution in [2.75, 3.05) is 46.1 Å². The number of ether oxygens (including phenoxy) is 3. The Kier molecular flexibility index (Phi) is 10.2. The number of rotatable bonds is 8. The Balaban J connectivity index is 0.00000180. The number of hydrogen-bond acceptors (Lipinski definition) is 5. The second-order valence-electron chi connectivity index (χ2n) is 8.64. The second-order valence-corrected chi connectivity index (χ2v) is 8.64. The first-order valence-electron chi connectivity index (χ1n) is 11.6. The van der Waals surface area contributed by atoms with Crippen LogP contribution in [0.1, 0.15) is 17.2 Å². The van der Waals surface area contributed by atoms with Gasteiger partial charge in [-0.05, 0) is 53.9 Å². The van der Waals surface area contributed by atoms with Gasteiger partial charge in [-0.1, -0.05) is 24.3 Å². The van der Waals surface area contributed by atoms with Gasteiger partial charge in [0.15, 0.2) is 11.5 Å². The zero-order valence-corrected chi connectivity index (χ0v) is 21.4. The van der Waals surface area contributed by atoms with E-state index in [0.29, 0.717) is 6.61 Å². The average molecular weight is 539 g/mol. The van der Waals surface area contributed by atoms with Gasteiger partial charge in [-0.15, -0.1) is 24.8 Å². The molecule has 2 heterocycles. The van der Waals surface area contributed by atoms with Crippen molar-refractivity contribution in [2.45, 2.75) is 12.5 Å². The Morgan fingerprint density at radius 2 is 1.42 bits per heavy atom. The van der Waals surface area contributed by atoms with E-state index in [1.807, 2.05) is 42.5 Å². The first kappa shape index (κ1) is 28.0. The van der Waals surface area contributed by atoms with E-state index < -0.39 is 0 Å². The van der Waals surface area contributed by atoms with Gasteiger partial charge in [0.25, 0.3) is 0 Å². The summed E-state index contributed by atoms with van der Waals surface area (Å²) in [7, 11) is 0. The number of benzene rings is 3. The van der Waals surface area contributed by atoms with Crippen LogP contribution < -0.4 is 14.2 Å². The van der Waals surface area contributed by atoms with Gasteiger partial charge in [-0.2, -0.15) is 0 Å². The third-order valence-electron chi connectivity index (χ3n) is 6.47. The standard InChI is InChI=1S/C27H28F2N2O3.2ClH/c28-22-5-1-20(2-6-22)17-25(21-3-7-23(29)8-4-21)31-13-11-30(12-14-31)15-16-32-24-9-10-26-27(18-24)34-19-33-26;;/h1-10,18,25H,11-17,19H2;2*1H. The fourth-order valence-electron chi connectivity index (χ4n) is 4.54. The minimum Gasteiger partial charge on any atom is -0.492 e. The maximum atomic E-state index is 13.5. The van der Waals surface area contributed by atoms with Crippen LogP contribution in [0.2, 0.25) is 0 Å². The van der Waals surface area contributed by atoms with Crippen molar-refractivity contribution in [1.82, 2.24) is 9.80 Å². The van der Waals surface area contributed by atoms with E-state index in [2.05, 4.69) is 9.80 Å². The highest BCUT2D eigenvalue weighted by molar-refractivity contribution is 5.85. The largest absolute Gasteiger partial charge is 0.492 e. The monoisotopic (exact) mass is 538 g/mol. The Bertz CT molecular complexity index is 1100. The molecule has 9 heteroatoms. The van der Waals surface area contributed by atoms with Crippen LogP contribution >= 0.6 is 24.8 Å². The molecule has 0 spiro atoms. The Labute approximate surface area is 222 Å². The van der Waals surface area contributed by atoms with Gasteiger partial charge in [0.2, 0.25) is 6.79 Å². The summed E-state index contributed by atoms with van der Waals surface area (Å²) in [6.45, 7) is 5.32. The molecule has 3 aromatic rings. The van der Waals surface area contributed by atoms with Crippen LogP contribution in [-0.2, 0) is 6.42 Å². The molecule has 1 saturated heterocycles. The summed E-state index contributed by atoms with van der Waals surface area (Å²) in [5, 5.41) is 0. The SMILES string of the molecule is Cl.Cl.Fc1ccc(CC(c2ccc(F)cc2)N2CCN(CCOc3ccc4c(c3)OCO4)CC2)cc1. The topological polar surface area (TPSA) is 34.2 Å². The van der Waals surface area contributed by atoms with Crippen LogP contribution in [0.25, 0.3) is 0 Å². The van der Waals surface area contributed by atoms with Gasteiger partial charge < -0.3 is 14.2 Å². The lowest BCUT2D eigenvalue weighted by atomic mass is 9.96. The zero-order valence-electron chi connectivity index (χ0n) is 19.8. The summed E-state index contributed by atoms with van der Waals surface area (Å²) in [5.74, 6) is 1.77. The fourth-order valence-corrected chi connectivity index (χ4v) is 4.54. The van der Waals surface area contributed by atoms with Crippen LogP contribution in [0.15, 0.2) is 66.7 Å². The van der Waals surface area contributed by atoms with E-state index in [9.17, 15) is 8.78 Å². The van der Waals surface area contributed by atoms with E-state index in [1.165, 1.54) is 24.3 Å². The normalized spacial score (nSPS) is 16.1. The lowest BCUT2D eigenvalue weighted by molar-refractivity contribution is 0.0858. The lowest BCUT2D eigenvalue weighted by Gasteiger charge is -2.39. The predicted molar refractivity (Wildman–Crippen MR) is 140 cm³/mol. The first-order valence-corrected chi connectivity index (χ1v) is 11.6. The number of piperazine rings is 1. The molecule has 1 fully saturated rings. The highest BCUT2D eigenvalue weighted by Crippen LogP contribution is 2.35. The van der Waals surface area contributed by atoms with Crippen molar-refractivity contribution in [3.63, 3.8) is 0 Å². The highest BCUT2D eigenvalue weighted by Gasteiger charge is 2.25. The van der Waals surface area contributed by atoms with E-state index in [4.69, 9.17) is 14.2 Å². The minimum atomic E-state index is -0.239. The molecule has 1 unspecified atom stereocenters. The third kappa shape index (κ3) is 7.01. The molecule has 194 valence electrons. The second kappa shape index (κ2) is 13.1. The molecule has 0 radical (unpaired) electrons. The smallest absolute Gasteiger partial charge is 0.231 e. The summed E-state index contributed by atoms with van der Waals surface area (Å²) in [4.78, 5) is 4.83. The van der Waals surface area contributed by atoms with Crippen LogP contribution in [0, 0.1) is 11.6 Å². The number of hydrogen-bond donors (Lipinski definition) is 0. The van der Waals surface area contributed by atoms with Crippen molar-refractivity contribution in [3.8, 4) is 17.2 Å². The van der Waals surface area contributed by atoms with Gasteiger partial charge in [0.05, 0.1) is 0 Å². The molecular formula is C27H30Cl2F2N2O3. The van der Waals surface area contributed by atoms with Gasteiger partial charge in [0.1, 0.15) is 24.0 Å². The quantitative estimate of drug-likeness (QED) is 0.377. The molecule has 2 aliphatic rings. The summed E-state index contributed by atoms with van der Waals surface area (Å²) >= 11 is 0. The summed E-state index contributed by atoms with van der Waals surface area (Å²) in [5.41, 5.74) is 2.14. The van der Waals surface area contributed by atoms with E-state index in [-0.39, 0.29) is 49.3 Å². The molecule has 3 aromatic carbocycles. The Hall–Kier alpha value is -2.58. The molecule has 5 nitrogen and oxygen atoms in total. The van der Waals surface area contributed by atoms with E-state index in [0.717, 1.165) is 67.5 Å². The van der Waals surface area contributed by atoms with Crippen LogP contribution in [0.4, 0.5) is 8.78 Å². The molecule has 5 rings (SSSR count). The van der Waals surface area contributed by atoms with E-state index >= 15 is 0 Å². The molecule has 0 aromatic heterocycles. The molecule has 1 atom stereocenters. The molecule has 36 heavy (non-hydrogen) atoms.